The normalized spacial score (nSPS) is 16.5. The molecule has 0 radical (unpaired) electrons. The number of nitrogens with two attached hydrogens (primary N) is 1. The number of H-pyrrole nitrogens is 1. The van der Waals surface area contributed by atoms with Gasteiger partial charge >= 0.3 is 0 Å². The molecule has 1 aromatic heterocycles. The molecule has 0 aliphatic heterocycles. The predicted octanol–water partition coefficient (Wildman–Crippen LogP) is 0.917. The predicted molar refractivity (Wildman–Crippen MR) is 62.3 cm³/mol. The van der Waals surface area contributed by atoms with Gasteiger partial charge < -0.3 is 11.1 Å². The van der Waals surface area contributed by atoms with E-state index >= 15 is 0 Å². The van der Waals surface area contributed by atoms with Gasteiger partial charge in [0.05, 0.1) is 12.2 Å². The summed E-state index contributed by atoms with van der Waals surface area (Å²) in [5, 5.41) is 9.41. The molecule has 6 heteroatoms. The lowest BCUT2D eigenvalue weighted by Crippen LogP contribution is -2.23. The van der Waals surface area contributed by atoms with Gasteiger partial charge in [0, 0.05) is 6.07 Å². The molecule has 0 unspecified atom stereocenters. The fraction of sp³-hybridized carbons (Fsp3) is 0.429. The van der Waals surface area contributed by atoms with Gasteiger partial charge in [0.2, 0.25) is 0 Å². The first-order valence-corrected chi connectivity index (χ1v) is 3.94. The molecule has 0 spiro atoms. The van der Waals surface area contributed by atoms with E-state index in [1.54, 1.807) is 12.3 Å². The molecule has 0 aromatic carbocycles. The Morgan fingerprint density at radius 3 is 3.00 bits per heavy atom. The maximum Gasteiger partial charge on any atom is 0.194 e. The van der Waals surface area contributed by atoms with Crippen molar-refractivity contribution >= 4 is 35.8 Å². The molecule has 13 heavy (non-hydrogen) atoms. The van der Waals surface area contributed by atoms with Crippen LogP contribution in [0.2, 0.25) is 0 Å². The van der Waals surface area contributed by atoms with Crippen LogP contribution in [-0.2, 0) is 0 Å². The first-order valence-electron chi connectivity index (χ1n) is 3.94. The number of anilines is 1. The zero-order valence-corrected chi connectivity index (χ0v) is 9.36. The second kappa shape index (κ2) is 4.45. The number of halogens is 1. The minimum Gasteiger partial charge on any atom is -0.370 e. The summed E-state index contributed by atoms with van der Waals surface area (Å²) in [6.45, 7) is 0. The van der Waals surface area contributed by atoms with Gasteiger partial charge in [-0.25, -0.2) is 4.99 Å². The minimum absolute atomic E-state index is 0. The molecule has 0 saturated heterocycles. The molecule has 1 aliphatic carbocycles. The molecule has 1 saturated carbocycles. The van der Waals surface area contributed by atoms with Gasteiger partial charge in [0.1, 0.15) is 5.82 Å². The highest BCUT2D eigenvalue weighted by molar-refractivity contribution is 14.0. The van der Waals surface area contributed by atoms with Crippen LogP contribution in [-0.4, -0.2) is 22.2 Å². The summed E-state index contributed by atoms with van der Waals surface area (Å²) in [7, 11) is 0. The molecule has 1 fully saturated rings. The maximum absolute atomic E-state index is 5.60. The number of rotatable bonds is 2. The highest BCUT2D eigenvalue weighted by Gasteiger charge is 2.20. The van der Waals surface area contributed by atoms with Gasteiger partial charge in [-0.2, -0.15) is 5.10 Å². The molecule has 0 bridgehead atoms. The Bertz CT molecular complexity index is 277. The van der Waals surface area contributed by atoms with Crippen molar-refractivity contribution in [1.29, 1.82) is 0 Å². The fourth-order valence-corrected chi connectivity index (χ4v) is 0.896. The molecule has 0 atom stereocenters. The van der Waals surface area contributed by atoms with Crippen LogP contribution in [0.1, 0.15) is 12.8 Å². The third kappa shape index (κ3) is 3.21. The minimum atomic E-state index is 0. The molecule has 1 aliphatic rings. The summed E-state index contributed by atoms with van der Waals surface area (Å²) in [5.41, 5.74) is 5.60. The third-order valence-electron chi connectivity index (χ3n) is 1.63. The quantitative estimate of drug-likeness (QED) is 0.431. The van der Waals surface area contributed by atoms with Crippen LogP contribution in [0.15, 0.2) is 17.3 Å². The average Bonchev–Trinajstić information content (AvgIpc) is 2.66. The molecule has 72 valence electrons. The lowest BCUT2D eigenvalue weighted by Gasteiger charge is -2.00. The highest BCUT2D eigenvalue weighted by atomic mass is 127. The number of aromatic amines is 1. The molecular weight excluding hydrogens is 281 g/mol. The SMILES string of the molecule is I.NC(=NC1CC1)Nc1ccn[nH]1. The Morgan fingerprint density at radius 2 is 2.46 bits per heavy atom. The number of aliphatic imine (C=N–C) groups is 1. The average molecular weight is 293 g/mol. The molecule has 4 N–H and O–H groups in total. The summed E-state index contributed by atoms with van der Waals surface area (Å²) in [5.74, 6) is 1.23. The summed E-state index contributed by atoms with van der Waals surface area (Å²) in [4.78, 5) is 4.20. The lowest BCUT2D eigenvalue weighted by molar-refractivity contribution is 1.05. The lowest BCUT2D eigenvalue weighted by atomic mass is 10.6. The summed E-state index contributed by atoms with van der Waals surface area (Å²) in [6, 6.07) is 2.25. The van der Waals surface area contributed by atoms with Crippen molar-refractivity contribution in [3.05, 3.63) is 12.3 Å². The summed E-state index contributed by atoms with van der Waals surface area (Å²) in [6.07, 6.45) is 3.98. The highest BCUT2D eigenvalue weighted by Crippen LogP contribution is 2.23. The maximum atomic E-state index is 5.60. The van der Waals surface area contributed by atoms with Crippen LogP contribution < -0.4 is 11.1 Å². The van der Waals surface area contributed by atoms with Crippen LogP contribution in [0.4, 0.5) is 5.82 Å². The van der Waals surface area contributed by atoms with Crippen molar-refractivity contribution in [3.63, 3.8) is 0 Å². The molecule has 2 rings (SSSR count). The molecular formula is C7H12IN5. The van der Waals surface area contributed by atoms with Crippen molar-refractivity contribution < 1.29 is 0 Å². The van der Waals surface area contributed by atoms with Gasteiger partial charge in [0.15, 0.2) is 5.96 Å². The van der Waals surface area contributed by atoms with E-state index in [2.05, 4.69) is 20.5 Å². The van der Waals surface area contributed by atoms with Gasteiger partial charge in [-0.15, -0.1) is 24.0 Å². The van der Waals surface area contributed by atoms with Crippen LogP contribution in [0.5, 0.6) is 0 Å². The van der Waals surface area contributed by atoms with Gasteiger partial charge in [-0.05, 0) is 12.8 Å². The van der Waals surface area contributed by atoms with Crippen LogP contribution >= 0.6 is 24.0 Å². The van der Waals surface area contributed by atoms with E-state index < -0.39 is 0 Å². The first kappa shape index (κ1) is 10.3. The smallest absolute Gasteiger partial charge is 0.194 e. The van der Waals surface area contributed by atoms with Crippen LogP contribution in [0, 0.1) is 0 Å². The number of nitrogens with zero attached hydrogens (tertiary/aromatic N) is 2. The number of aromatic nitrogens is 2. The van der Waals surface area contributed by atoms with E-state index in [1.165, 1.54) is 0 Å². The Labute approximate surface area is 93.2 Å². The monoisotopic (exact) mass is 293 g/mol. The molecule has 1 heterocycles. The zero-order chi connectivity index (χ0) is 8.39. The van der Waals surface area contributed by atoms with Gasteiger partial charge in [0.25, 0.3) is 0 Å². The van der Waals surface area contributed by atoms with E-state index in [4.69, 9.17) is 5.73 Å². The number of hydrogen-bond acceptors (Lipinski definition) is 2. The standard InChI is InChI=1S/C7H11N5.HI/c8-7(10-5-1-2-5)11-6-3-4-9-12-6;/h3-5H,1-2H2,(H4,8,9,10,11,12);1H. The second-order valence-corrected chi connectivity index (χ2v) is 2.84. The number of nitrogens with one attached hydrogen (secondary N) is 2. The Hall–Kier alpha value is -0.790. The molecule has 5 nitrogen and oxygen atoms in total. The number of hydrogen-bond donors (Lipinski definition) is 3. The van der Waals surface area contributed by atoms with Crippen LogP contribution in [0.3, 0.4) is 0 Å². The van der Waals surface area contributed by atoms with Gasteiger partial charge in [-0.3, -0.25) is 5.10 Å². The fourth-order valence-electron chi connectivity index (χ4n) is 0.896. The van der Waals surface area contributed by atoms with E-state index in [-0.39, 0.29) is 24.0 Å². The summed E-state index contributed by atoms with van der Waals surface area (Å²) < 4.78 is 0. The van der Waals surface area contributed by atoms with E-state index in [0.717, 1.165) is 18.7 Å². The van der Waals surface area contributed by atoms with Crippen molar-refractivity contribution in [1.82, 2.24) is 10.2 Å². The Morgan fingerprint density at radius 1 is 1.69 bits per heavy atom. The first-order chi connectivity index (χ1) is 5.84. The van der Waals surface area contributed by atoms with Crippen molar-refractivity contribution in [2.24, 2.45) is 10.7 Å². The molecule has 1 aromatic rings. The largest absolute Gasteiger partial charge is 0.370 e. The third-order valence-corrected chi connectivity index (χ3v) is 1.63. The van der Waals surface area contributed by atoms with E-state index in [9.17, 15) is 0 Å². The Kier molecular flexibility index (Phi) is 3.52. The van der Waals surface area contributed by atoms with E-state index in [1.807, 2.05) is 0 Å². The Balaban J connectivity index is 0.000000845. The van der Waals surface area contributed by atoms with Crippen molar-refractivity contribution in [2.45, 2.75) is 18.9 Å². The van der Waals surface area contributed by atoms with Gasteiger partial charge in [-0.1, -0.05) is 0 Å². The zero-order valence-electron chi connectivity index (χ0n) is 7.03. The van der Waals surface area contributed by atoms with Crippen molar-refractivity contribution in [3.8, 4) is 0 Å². The summed E-state index contributed by atoms with van der Waals surface area (Å²) >= 11 is 0. The van der Waals surface area contributed by atoms with Crippen LogP contribution in [0.25, 0.3) is 0 Å². The molecule has 0 amide bonds. The number of guanidine groups is 1. The topological polar surface area (TPSA) is 79.1 Å². The second-order valence-electron chi connectivity index (χ2n) is 2.84. The van der Waals surface area contributed by atoms with Crippen molar-refractivity contribution in [2.75, 3.05) is 5.32 Å². The van der Waals surface area contributed by atoms with E-state index in [0.29, 0.717) is 12.0 Å².